The zero-order valence-electron chi connectivity index (χ0n) is 33.0. The second kappa shape index (κ2) is 37.2. The summed E-state index contributed by atoms with van der Waals surface area (Å²) in [4.78, 5) is 85.9. The molecular weight excluding hydrogens is 780 g/mol. The molecule has 58 heavy (non-hydrogen) atoms. The molecule has 26 nitrogen and oxygen atoms in total. The first-order valence-electron chi connectivity index (χ1n) is 17.2. The maximum absolute atomic E-state index is 10.3. The van der Waals surface area contributed by atoms with Gasteiger partial charge in [0.15, 0.2) is 0 Å². The lowest BCUT2D eigenvalue weighted by Gasteiger charge is -2.07. The first-order valence-corrected chi connectivity index (χ1v) is 17.2. The van der Waals surface area contributed by atoms with Gasteiger partial charge in [0, 0.05) is 18.3 Å². The van der Waals surface area contributed by atoms with Gasteiger partial charge in [-0.15, -0.1) is 0 Å². The van der Waals surface area contributed by atoms with Gasteiger partial charge in [-0.3, -0.25) is 38.4 Å². The van der Waals surface area contributed by atoms with Crippen molar-refractivity contribution in [3.8, 4) is 0 Å². The number of carboxylic acid groups (broad SMARTS) is 7. The average Bonchev–Trinajstić information content (AvgIpc) is 3.84. The van der Waals surface area contributed by atoms with Crippen LogP contribution >= 0.6 is 0 Å². The lowest BCUT2D eigenvalue weighted by molar-refractivity contribution is -0.140. The van der Waals surface area contributed by atoms with Gasteiger partial charge in [0.25, 0.3) is 0 Å². The molecule has 26 heteroatoms. The highest BCUT2D eigenvalue weighted by molar-refractivity contribution is 5.83. The van der Waals surface area contributed by atoms with Crippen LogP contribution in [0.3, 0.4) is 0 Å². The molecule has 1 aliphatic rings. The van der Waals surface area contributed by atoms with E-state index in [2.05, 4.69) is 26.8 Å². The monoisotopic (exact) mass is 844 g/mol. The molecule has 6 atom stereocenters. The largest absolute Gasteiger partial charge is 0.480 e. The number of nitrogens with two attached hydrogens (primary N) is 7. The first kappa shape index (κ1) is 61.9. The molecule has 2 rings (SSSR count). The van der Waals surface area contributed by atoms with Crippen LogP contribution < -0.4 is 45.5 Å². The van der Waals surface area contributed by atoms with E-state index in [1.165, 1.54) is 6.33 Å². The van der Waals surface area contributed by atoms with E-state index in [-0.39, 0.29) is 25.4 Å². The van der Waals surface area contributed by atoms with Crippen LogP contribution in [0.1, 0.15) is 65.5 Å². The Hall–Kier alpha value is -5.35. The molecule has 0 aliphatic carbocycles. The third-order valence-corrected chi connectivity index (χ3v) is 6.18. The van der Waals surface area contributed by atoms with Gasteiger partial charge in [0.1, 0.15) is 36.3 Å². The molecule has 1 aromatic rings. The summed E-state index contributed by atoms with van der Waals surface area (Å²) in [6.07, 6.45) is 5.91. The van der Waals surface area contributed by atoms with Crippen molar-refractivity contribution in [2.45, 2.75) is 102 Å². The number of hydrogen-bond acceptors (Lipinski definition) is 17. The topological polar surface area (TPSA) is 521 Å². The number of carbonyl (C=O) groups excluding carboxylic acids is 1. The number of nitrogens with zero attached hydrogens (tertiary/aromatic N) is 1. The van der Waals surface area contributed by atoms with Crippen molar-refractivity contribution in [1.82, 2.24) is 15.3 Å². The molecule has 1 aromatic heterocycles. The van der Waals surface area contributed by atoms with E-state index >= 15 is 0 Å². The number of amides is 1. The third-order valence-electron chi connectivity index (χ3n) is 6.18. The van der Waals surface area contributed by atoms with Gasteiger partial charge in [-0.1, -0.05) is 27.7 Å². The second-order valence-electron chi connectivity index (χ2n) is 12.7. The molecule has 0 bridgehead atoms. The van der Waals surface area contributed by atoms with Crippen LogP contribution in [0.15, 0.2) is 12.5 Å². The van der Waals surface area contributed by atoms with Gasteiger partial charge in [-0.2, -0.15) is 0 Å². The Kier molecular flexibility index (Phi) is 39.7. The van der Waals surface area contributed by atoms with Crippen LogP contribution in [0.25, 0.3) is 0 Å². The zero-order valence-corrected chi connectivity index (χ0v) is 33.0. The van der Waals surface area contributed by atoms with Crippen LogP contribution in [0.2, 0.25) is 0 Å². The number of imidazole rings is 1. The highest BCUT2D eigenvalue weighted by atomic mass is 16.4. The number of rotatable bonds is 16. The normalized spacial score (nSPS) is 14.8. The van der Waals surface area contributed by atoms with Crippen molar-refractivity contribution in [1.29, 1.82) is 0 Å². The molecule has 0 saturated carbocycles. The number of aliphatic hydroxyl groups excluding tert-OH is 1. The number of H-pyrrole nitrogens is 1. The summed E-state index contributed by atoms with van der Waals surface area (Å²) in [5, 5.41) is 67.8. The van der Waals surface area contributed by atoms with Crippen LogP contribution in [0, 0.1) is 11.8 Å². The predicted molar refractivity (Wildman–Crippen MR) is 206 cm³/mol. The number of hydrogen-bond donors (Lipinski definition) is 17. The number of primary amides is 1. The fourth-order valence-corrected chi connectivity index (χ4v) is 3.22. The SMILES string of the molecule is CC(C)CC(N)C(=O)O.CC(C)CC(N)C(=O)O.NC(=O)CC(N)C(=O)O.NC(CO)C(=O)O.NC(Cc1cnc[nH]1)C(=O)O.NCC(=O)O.O=C(O)[C@@H]1CCCN1. The van der Waals surface area contributed by atoms with Crippen LogP contribution in [0.4, 0.5) is 0 Å². The highest BCUT2D eigenvalue weighted by Crippen LogP contribution is 2.04. The highest BCUT2D eigenvalue weighted by Gasteiger charge is 2.20. The summed E-state index contributed by atoms with van der Waals surface area (Å²) in [6.45, 7) is 7.86. The van der Waals surface area contributed by atoms with E-state index in [0.29, 0.717) is 24.7 Å². The zero-order chi connectivity index (χ0) is 46.7. The molecule has 1 fully saturated rings. The molecule has 0 aromatic carbocycles. The quantitative estimate of drug-likeness (QED) is 0.0749. The molecule has 338 valence electrons. The minimum absolute atomic E-state index is 0.269. The van der Waals surface area contributed by atoms with Crippen molar-refractivity contribution in [2.75, 3.05) is 19.7 Å². The Morgan fingerprint density at radius 2 is 1.10 bits per heavy atom. The van der Waals surface area contributed by atoms with E-state index in [4.69, 9.17) is 69.5 Å². The average molecular weight is 845 g/mol. The Bertz CT molecular complexity index is 1290. The summed E-state index contributed by atoms with van der Waals surface area (Å²) in [5.41, 5.74) is 35.3. The van der Waals surface area contributed by atoms with Crippen LogP contribution in [0.5, 0.6) is 0 Å². The Balaban J connectivity index is -0.000000190. The van der Waals surface area contributed by atoms with Gasteiger partial charge < -0.3 is 91.3 Å². The Labute approximate surface area is 334 Å². The lowest BCUT2D eigenvalue weighted by atomic mass is 10.1. The molecule has 24 N–H and O–H groups in total. The van der Waals surface area contributed by atoms with Crippen molar-refractivity contribution in [3.05, 3.63) is 18.2 Å². The number of carboxylic acids is 7. The Morgan fingerprint density at radius 3 is 1.26 bits per heavy atom. The van der Waals surface area contributed by atoms with E-state index < -0.39 is 84.5 Å². The standard InChI is InChI=1S/C6H9N3O2.2C6H13NO2.C5H9NO2.C4H8N2O3.C3H7NO3.C2H5NO2/c7-5(6(10)11)1-4-2-8-3-9-4;2*1-4(2)3-5(7)6(8)9;7-5(8)4-2-1-3-6-4;5-2(4(8)9)1-3(6)7;4-2(1-5)3(6)7;3-1-2(4)5/h2-3,5H,1,7H2,(H,8,9)(H,10,11);2*4-5H,3,7H2,1-2H3,(H,8,9);4,6H,1-3H2,(H,7,8);2H,1,5H2,(H2,6,7)(H,8,9);2,5H,1,4H2,(H,6,7);1,3H2,(H,4,5)/t;;;4-;;;/m...0.../s1. The maximum Gasteiger partial charge on any atom is 0.322 e. The smallest absolute Gasteiger partial charge is 0.322 e. The number of carbonyl (C=O) groups is 8. The molecule has 0 radical (unpaired) electrons. The van der Waals surface area contributed by atoms with Gasteiger partial charge >= 0.3 is 41.8 Å². The van der Waals surface area contributed by atoms with Crippen molar-refractivity contribution in [3.63, 3.8) is 0 Å². The maximum atomic E-state index is 10.3. The van der Waals surface area contributed by atoms with Gasteiger partial charge in [0.05, 0.1) is 25.9 Å². The van der Waals surface area contributed by atoms with E-state index in [0.717, 1.165) is 25.1 Å². The fraction of sp³-hybridized carbons (Fsp3) is 0.656. The van der Waals surface area contributed by atoms with E-state index in [1.54, 1.807) is 6.20 Å². The van der Waals surface area contributed by atoms with E-state index in [1.807, 2.05) is 27.7 Å². The number of aromatic amines is 1. The molecule has 0 spiro atoms. The summed E-state index contributed by atoms with van der Waals surface area (Å²) in [5.74, 6) is -6.90. The second-order valence-corrected chi connectivity index (χ2v) is 12.7. The predicted octanol–water partition coefficient (Wildman–Crippen LogP) is -4.23. The molecule has 1 aliphatic heterocycles. The number of aliphatic hydroxyl groups is 1. The minimum atomic E-state index is -1.21. The summed E-state index contributed by atoms with van der Waals surface area (Å²) in [7, 11) is 0. The molecule has 5 unspecified atom stereocenters. The summed E-state index contributed by atoms with van der Waals surface area (Å²) < 4.78 is 0. The minimum Gasteiger partial charge on any atom is -0.480 e. The van der Waals surface area contributed by atoms with Gasteiger partial charge in [-0.25, -0.2) is 4.98 Å². The molecular formula is C32H64N10O16. The van der Waals surface area contributed by atoms with Crippen molar-refractivity contribution < 1.29 is 79.2 Å². The molecule has 1 saturated heterocycles. The Morgan fingerprint density at radius 1 is 0.707 bits per heavy atom. The number of aromatic nitrogens is 2. The number of aliphatic carboxylic acids is 7. The molecule has 1 amide bonds. The van der Waals surface area contributed by atoms with Gasteiger partial charge in [-0.05, 0) is 44.1 Å². The van der Waals surface area contributed by atoms with Crippen molar-refractivity contribution in [2.24, 2.45) is 52.0 Å². The third kappa shape index (κ3) is 45.0. The fourth-order valence-electron chi connectivity index (χ4n) is 3.22. The first-order chi connectivity index (χ1) is 26.6. The summed E-state index contributed by atoms with van der Waals surface area (Å²) >= 11 is 0. The van der Waals surface area contributed by atoms with E-state index in [9.17, 15) is 38.4 Å². The van der Waals surface area contributed by atoms with Crippen LogP contribution in [-0.4, -0.2) is 154 Å². The lowest BCUT2D eigenvalue weighted by Crippen LogP contribution is -2.34. The van der Waals surface area contributed by atoms with Gasteiger partial charge in [0.2, 0.25) is 5.91 Å². The van der Waals surface area contributed by atoms with Crippen LogP contribution in [-0.2, 0) is 44.8 Å². The van der Waals surface area contributed by atoms with Crippen molar-refractivity contribution >= 4 is 47.7 Å². The molecule has 2 heterocycles. The number of nitrogens with one attached hydrogen (secondary N) is 2. The summed E-state index contributed by atoms with van der Waals surface area (Å²) in [6, 6.07) is -4.79.